The fourth-order valence-electron chi connectivity index (χ4n) is 2.28. The number of hydrogen-bond acceptors (Lipinski definition) is 8. The van der Waals surface area contributed by atoms with Crippen molar-refractivity contribution in [3.8, 4) is 0 Å². The van der Waals surface area contributed by atoms with Gasteiger partial charge in [-0.2, -0.15) is 4.37 Å². The molecule has 1 fully saturated rings. The van der Waals surface area contributed by atoms with Crippen LogP contribution in [0.4, 0.5) is 10.9 Å². The van der Waals surface area contributed by atoms with Gasteiger partial charge in [-0.1, -0.05) is 0 Å². The number of amides is 1. The van der Waals surface area contributed by atoms with Gasteiger partial charge in [0, 0.05) is 44.8 Å². The van der Waals surface area contributed by atoms with Crippen molar-refractivity contribution < 1.29 is 4.79 Å². The van der Waals surface area contributed by atoms with Crippen molar-refractivity contribution in [2.24, 2.45) is 0 Å². The van der Waals surface area contributed by atoms with Crippen LogP contribution in [0.2, 0.25) is 0 Å². The summed E-state index contributed by atoms with van der Waals surface area (Å²) in [5.74, 6) is 1.38. The minimum absolute atomic E-state index is 0.226. The first-order chi connectivity index (χ1) is 10.7. The van der Waals surface area contributed by atoms with Crippen molar-refractivity contribution in [3.63, 3.8) is 0 Å². The fourth-order valence-corrected chi connectivity index (χ4v) is 3.01. The summed E-state index contributed by atoms with van der Waals surface area (Å²) in [6.45, 7) is 5.32. The summed E-state index contributed by atoms with van der Waals surface area (Å²) in [6, 6.07) is 3.53. The van der Waals surface area contributed by atoms with E-state index in [9.17, 15) is 4.79 Å². The molecule has 8 nitrogen and oxygen atoms in total. The smallest absolute Gasteiger partial charge is 0.271 e. The van der Waals surface area contributed by atoms with Gasteiger partial charge in [0.2, 0.25) is 5.13 Å². The Hall–Kier alpha value is -2.29. The van der Waals surface area contributed by atoms with Crippen molar-refractivity contribution in [2.45, 2.75) is 6.92 Å². The Morgan fingerprint density at radius 2 is 1.91 bits per heavy atom. The molecule has 0 aromatic carbocycles. The third-order valence-corrected chi connectivity index (χ3v) is 4.37. The number of carbonyl (C=O) groups is 1. The number of hydrogen-bond donors (Lipinski definition) is 1. The largest absolute Gasteiger partial charge is 0.354 e. The molecule has 0 radical (unpaired) electrons. The van der Waals surface area contributed by atoms with E-state index in [1.54, 1.807) is 13.1 Å². The fraction of sp³-hybridized carbons (Fsp3) is 0.462. The minimum Gasteiger partial charge on any atom is -0.354 e. The van der Waals surface area contributed by atoms with E-state index in [0.717, 1.165) is 43.0 Å². The van der Waals surface area contributed by atoms with E-state index in [-0.39, 0.29) is 5.91 Å². The van der Waals surface area contributed by atoms with E-state index in [1.807, 2.05) is 13.0 Å². The van der Waals surface area contributed by atoms with Crippen LogP contribution in [0.3, 0.4) is 0 Å². The van der Waals surface area contributed by atoms with E-state index in [0.29, 0.717) is 5.69 Å². The summed E-state index contributed by atoms with van der Waals surface area (Å²) in [5.41, 5.74) is 0.328. The molecule has 1 aliphatic rings. The third kappa shape index (κ3) is 2.98. The predicted octanol–water partition coefficient (Wildman–Crippen LogP) is 0.323. The van der Waals surface area contributed by atoms with Gasteiger partial charge in [-0.05, 0) is 19.1 Å². The number of aromatic nitrogens is 4. The van der Waals surface area contributed by atoms with Crippen LogP contribution >= 0.6 is 11.5 Å². The second-order valence-corrected chi connectivity index (χ2v) is 5.68. The van der Waals surface area contributed by atoms with Crippen LogP contribution in [0.15, 0.2) is 12.1 Å². The lowest BCUT2D eigenvalue weighted by molar-refractivity contribution is 0.0957. The first kappa shape index (κ1) is 14.6. The summed E-state index contributed by atoms with van der Waals surface area (Å²) in [6.07, 6.45) is 0. The van der Waals surface area contributed by atoms with Gasteiger partial charge in [-0.15, -0.1) is 10.2 Å². The van der Waals surface area contributed by atoms with Gasteiger partial charge in [0.25, 0.3) is 5.91 Å². The van der Waals surface area contributed by atoms with E-state index in [2.05, 4.69) is 34.7 Å². The zero-order chi connectivity index (χ0) is 15.5. The Morgan fingerprint density at radius 1 is 1.18 bits per heavy atom. The van der Waals surface area contributed by atoms with E-state index in [4.69, 9.17) is 0 Å². The lowest BCUT2D eigenvalue weighted by Gasteiger charge is -2.34. The molecule has 9 heteroatoms. The Labute approximate surface area is 132 Å². The molecule has 0 bridgehead atoms. The molecule has 2 aromatic heterocycles. The zero-order valence-electron chi connectivity index (χ0n) is 12.5. The van der Waals surface area contributed by atoms with Crippen LogP contribution < -0.4 is 15.1 Å². The number of aryl methyl sites for hydroxylation is 1. The number of carbonyl (C=O) groups excluding carboxylic acids is 1. The van der Waals surface area contributed by atoms with Crippen molar-refractivity contribution in [2.75, 3.05) is 43.0 Å². The van der Waals surface area contributed by atoms with Gasteiger partial charge in [0.1, 0.15) is 5.82 Å². The first-order valence-corrected chi connectivity index (χ1v) is 7.81. The van der Waals surface area contributed by atoms with Gasteiger partial charge in [-0.25, -0.2) is 4.98 Å². The molecular formula is C13H17N7OS. The van der Waals surface area contributed by atoms with Gasteiger partial charge >= 0.3 is 0 Å². The molecule has 1 N–H and O–H groups in total. The molecule has 1 aliphatic heterocycles. The molecule has 22 heavy (non-hydrogen) atoms. The molecule has 2 aromatic rings. The number of rotatable bonds is 3. The minimum atomic E-state index is -0.226. The maximum atomic E-state index is 11.5. The Bertz CT molecular complexity index is 649. The molecule has 0 unspecified atom stereocenters. The summed E-state index contributed by atoms with van der Waals surface area (Å²) in [5, 5.41) is 11.6. The van der Waals surface area contributed by atoms with Crippen LogP contribution in [0.1, 0.15) is 16.3 Å². The van der Waals surface area contributed by atoms with Crippen molar-refractivity contribution in [1.82, 2.24) is 24.9 Å². The molecule has 3 heterocycles. The summed E-state index contributed by atoms with van der Waals surface area (Å²) >= 11 is 1.43. The van der Waals surface area contributed by atoms with Crippen LogP contribution in [0, 0.1) is 6.92 Å². The third-order valence-electron chi connectivity index (χ3n) is 3.50. The standard InChI is InChI=1S/C13H17N7OS/c1-9-15-13(22-18-9)20-7-5-19(6-8-20)11-4-3-10(16-17-11)12(21)14-2/h3-4H,5-8H2,1-2H3,(H,14,21). The monoisotopic (exact) mass is 319 g/mol. The predicted molar refractivity (Wildman–Crippen MR) is 84.5 cm³/mol. The Morgan fingerprint density at radius 3 is 2.45 bits per heavy atom. The molecule has 1 amide bonds. The normalized spacial score (nSPS) is 15.0. The topological polar surface area (TPSA) is 87.1 Å². The van der Waals surface area contributed by atoms with Gasteiger partial charge < -0.3 is 15.1 Å². The molecule has 3 rings (SSSR count). The van der Waals surface area contributed by atoms with Crippen LogP contribution in [0.5, 0.6) is 0 Å². The maximum absolute atomic E-state index is 11.5. The van der Waals surface area contributed by atoms with Crippen LogP contribution in [-0.4, -0.2) is 58.7 Å². The molecule has 0 saturated carbocycles. The summed E-state index contributed by atoms with van der Waals surface area (Å²) in [4.78, 5) is 20.3. The SMILES string of the molecule is CNC(=O)c1ccc(N2CCN(c3nc(C)ns3)CC2)nn1. The Kier molecular flexibility index (Phi) is 4.14. The molecule has 1 saturated heterocycles. The van der Waals surface area contributed by atoms with Crippen molar-refractivity contribution in [1.29, 1.82) is 0 Å². The zero-order valence-corrected chi connectivity index (χ0v) is 13.3. The van der Waals surface area contributed by atoms with E-state index in [1.165, 1.54) is 11.5 Å². The number of nitrogens with zero attached hydrogens (tertiary/aromatic N) is 6. The maximum Gasteiger partial charge on any atom is 0.271 e. The van der Waals surface area contributed by atoms with Gasteiger partial charge in [0.15, 0.2) is 11.5 Å². The lowest BCUT2D eigenvalue weighted by atomic mass is 10.3. The van der Waals surface area contributed by atoms with E-state index < -0.39 is 0 Å². The van der Waals surface area contributed by atoms with Crippen molar-refractivity contribution >= 4 is 28.4 Å². The number of nitrogens with one attached hydrogen (secondary N) is 1. The highest BCUT2D eigenvalue weighted by Gasteiger charge is 2.21. The van der Waals surface area contributed by atoms with Crippen LogP contribution in [0.25, 0.3) is 0 Å². The molecule has 0 spiro atoms. The number of piperazine rings is 1. The molecule has 116 valence electrons. The van der Waals surface area contributed by atoms with Crippen molar-refractivity contribution in [3.05, 3.63) is 23.7 Å². The molecule has 0 atom stereocenters. The average Bonchev–Trinajstić information content (AvgIpc) is 3.01. The summed E-state index contributed by atoms with van der Waals surface area (Å²) in [7, 11) is 1.58. The average molecular weight is 319 g/mol. The second kappa shape index (κ2) is 6.22. The van der Waals surface area contributed by atoms with E-state index >= 15 is 0 Å². The quantitative estimate of drug-likeness (QED) is 0.872. The number of anilines is 2. The first-order valence-electron chi connectivity index (χ1n) is 7.03. The highest BCUT2D eigenvalue weighted by atomic mass is 32.1. The second-order valence-electron chi connectivity index (χ2n) is 4.95. The lowest BCUT2D eigenvalue weighted by Crippen LogP contribution is -2.47. The van der Waals surface area contributed by atoms with Gasteiger partial charge in [0.05, 0.1) is 0 Å². The summed E-state index contributed by atoms with van der Waals surface area (Å²) < 4.78 is 4.22. The molecular weight excluding hydrogens is 302 g/mol. The highest BCUT2D eigenvalue weighted by Crippen LogP contribution is 2.20. The van der Waals surface area contributed by atoms with Gasteiger partial charge in [-0.3, -0.25) is 4.79 Å². The van der Waals surface area contributed by atoms with Crippen LogP contribution in [-0.2, 0) is 0 Å². The highest BCUT2D eigenvalue weighted by molar-refractivity contribution is 7.09. The Balaban J connectivity index is 1.62. The molecule has 0 aliphatic carbocycles.